The Labute approximate surface area is 147 Å². The Bertz CT molecular complexity index is 771. The monoisotopic (exact) mass is 340 g/mol. The summed E-state index contributed by atoms with van der Waals surface area (Å²) in [6, 6.07) is 8.26. The van der Waals surface area contributed by atoms with Gasteiger partial charge in [-0.2, -0.15) is 5.10 Å². The molecule has 1 aliphatic carbocycles. The van der Waals surface area contributed by atoms with Crippen LogP contribution in [0.1, 0.15) is 60.4 Å². The lowest BCUT2D eigenvalue weighted by atomic mass is 9.82. The Kier molecular flexibility index (Phi) is 4.53. The average Bonchev–Trinajstić information content (AvgIpc) is 3.05. The molecule has 2 atom stereocenters. The van der Waals surface area contributed by atoms with Gasteiger partial charge in [0.15, 0.2) is 5.82 Å². The average molecular weight is 340 g/mol. The zero-order valence-corrected chi connectivity index (χ0v) is 14.6. The van der Waals surface area contributed by atoms with Gasteiger partial charge in [-0.05, 0) is 43.2 Å². The summed E-state index contributed by atoms with van der Waals surface area (Å²) in [4.78, 5) is 17.6. The Morgan fingerprint density at radius 3 is 3.08 bits per heavy atom. The molecule has 4 rings (SSSR count). The molecule has 1 amide bonds. The second kappa shape index (κ2) is 6.96. The van der Waals surface area contributed by atoms with Gasteiger partial charge in [-0.1, -0.05) is 24.3 Å². The van der Waals surface area contributed by atoms with Gasteiger partial charge in [-0.15, -0.1) is 0 Å². The fourth-order valence-electron chi connectivity index (χ4n) is 4.03. The third-order valence-corrected chi connectivity index (χ3v) is 5.19. The number of amides is 1. The summed E-state index contributed by atoms with van der Waals surface area (Å²) in [5.41, 5.74) is 2.49. The minimum absolute atomic E-state index is 0.0540. The number of aromatic nitrogens is 3. The van der Waals surface area contributed by atoms with Crippen molar-refractivity contribution in [1.82, 2.24) is 20.1 Å². The van der Waals surface area contributed by atoms with Crippen LogP contribution in [0.25, 0.3) is 0 Å². The topological polar surface area (TPSA) is 69.0 Å². The van der Waals surface area contributed by atoms with E-state index in [1.807, 2.05) is 10.7 Å². The predicted octanol–water partition coefficient (Wildman–Crippen LogP) is 2.50. The van der Waals surface area contributed by atoms with E-state index in [1.54, 1.807) is 7.11 Å². The zero-order valence-electron chi connectivity index (χ0n) is 14.6. The molecule has 2 aliphatic rings. The smallest absolute Gasteiger partial charge is 0.228 e. The second-order valence-electron chi connectivity index (χ2n) is 6.89. The molecule has 132 valence electrons. The molecule has 25 heavy (non-hydrogen) atoms. The highest BCUT2D eigenvalue weighted by Gasteiger charge is 2.31. The Balaban J connectivity index is 1.53. The van der Waals surface area contributed by atoms with Gasteiger partial charge in [0.1, 0.15) is 12.4 Å². The Morgan fingerprint density at radius 1 is 1.32 bits per heavy atom. The van der Waals surface area contributed by atoms with Crippen molar-refractivity contribution < 1.29 is 9.53 Å². The Hall–Kier alpha value is -2.21. The lowest BCUT2D eigenvalue weighted by Gasteiger charge is -2.28. The number of nitrogens with one attached hydrogen (secondary N) is 1. The first-order valence-corrected chi connectivity index (χ1v) is 9.07. The molecule has 1 aliphatic heterocycles. The maximum absolute atomic E-state index is 13.0. The molecular formula is C19H24N4O2. The van der Waals surface area contributed by atoms with Crippen molar-refractivity contribution in [3.05, 3.63) is 47.0 Å². The molecule has 1 aromatic heterocycles. The van der Waals surface area contributed by atoms with E-state index in [-0.39, 0.29) is 17.9 Å². The maximum Gasteiger partial charge on any atom is 0.228 e. The zero-order chi connectivity index (χ0) is 17.2. The minimum Gasteiger partial charge on any atom is -0.377 e. The summed E-state index contributed by atoms with van der Waals surface area (Å²) in [6.07, 6.45) is 4.95. The van der Waals surface area contributed by atoms with Crippen molar-refractivity contribution in [2.75, 3.05) is 7.11 Å². The van der Waals surface area contributed by atoms with E-state index in [9.17, 15) is 4.79 Å². The molecule has 0 bridgehead atoms. The van der Waals surface area contributed by atoms with Crippen LogP contribution in [0.3, 0.4) is 0 Å². The van der Waals surface area contributed by atoms with Crippen LogP contribution in [-0.4, -0.2) is 27.8 Å². The number of fused-ring (bicyclic) bond motifs is 2. The summed E-state index contributed by atoms with van der Waals surface area (Å²) in [6.45, 7) is 1.25. The van der Waals surface area contributed by atoms with Crippen LogP contribution in [0, 0.1) is 0 Å². The van der Waals surface area contributed by atoms with Crippen LogP contribution < -0.4 is 5.32 Å². The molecule has 0 saturated heterocycles. The van der Waals surface area contributed by atoms with Crippen LogP contribution in [0.15, 0.2) is 24.3 Å². The third-order valence-electron chi connectivity index (χ3n) is 5.19. The van der Waals surface area contributed by atoms with Crippen molar-refractivity contribution in [2.45, 2.75) is 57.2 Å². The fourth-order valence-corrected chi connectivity index (χ4v) is 4.03. The van der Waals surface area contributed by atoms with E-state index in [1.165, 1.54) is 11.1 Å². The van der Waals surface area contributed by atoms with Gasteiger partial charge in [-0.3, -0.25) is 4.79 Å². The van der Waals surface area contributed by atoms with Gasteiger partial charge < -0.3 is 10.1 Å². The molecule has 1 N–H and O–H groups in total. The summed E-state index contributed by atoms with van der Waals surface area (Å²) in [5, 5.41) is 7.71. The van der Waals surface area contributed by atoms with Crippen molar-refractivity contribution in [3.8, 4) is 0 Å². The lowest BCUT2D eigenvalue weighted by Crippen LogP contribution is -2.37. The second-order valence-corrected chi connectivity index (χ2v) is 6.89. The van der Waals surface area contributed by atoms with Crippen LogP contribution in [0.2, 0.25) is 0 Å². The lowest BCUT2D eigenvalue weighted by molar-refractivity contribution is -0.123. The highest BCUT2D eigenvalue weighted by molar-refractivity contribution is 5.84. The van der Waals surface area contributed by atoms with Gasteiger partial charge in [0.05, 0.1) is 12.0 Å². The van der Waals surface area contributed by atoms with Crippen molar-refractivity contribution in [3.63, 3.8) is 0 Å². The quantitative estimate of drug-likeness (QED) is 0.928. The van der Waals surface area contributed by atoms with E-state index >= 15 is 0 Å². The summed E-state index contributed by atoms with van der Waals surface area (Å²) < 4.78 is 7.04. The number of hydrogen-bond donors (Lipinski definition) is 1. The van der Waals surface area contributed by atoms with Gasteiger partial charge in [0.25, 0.3) is 0 Å². The molecule has 2 aromatic rings. The predicted molar refractivity (Wildman–Crippen MR) is 93.0 cm³/mol. The number of carbonyl (C=O) groups is 1. The molecule has 2 heterocycles. The first-order valence-electron chi connectivity index (χ1n) is 9.07. The standard InChI is InChI=1S/C19H24N4O2/c1-25-12-17-21-18-16(10-5-11-23(18)22-17)20-19(24)15-9-4-7-13-6-2-3-8-14(13)15/h2-3,6,8,15-16H,4-5,7,9-12H2,1H3,(H,20,24). The van der Waals surface area contributed by atoms with Gasteiger partial charge >= 0.3 is 0 Å². The number of aryl methyl sites for hydroxylation is 2. The molecule has 2 unspecified atom stereocenters. The van der Waals surface area contributed by atoms with Crippen molar-refractivity contribution >= 4 is 5.91 Å². The molecule has 6 nitrogen and oxygen atoms in total. The van der Waals surface area contributed by atoms with Gasteiger partial charge in [0.2, 0.25) is 5.91 Å². The number of methoxy groups -OCH3 is 1. The first kappa shape index (κ1) is 16.3. The van der Waals surface area contributed by atoms with Crippen molar-refractivity contribution in [1.29, 1.82) is 0 Å². The highest BCUT2D eigenvalue weighted by atomic mass is 16.5. The van der Waals surface area contributed by atoms with Crippen LogP contribution >= 0.6 is 0 Å². The summed E-state index contributed by atoms with van der Waals surface area (Å²) in [5.74, 6) is 1.60. The SMILES string of the molecule is COCc1nc2n(n1)CCCC2NC(=O)C1CCCc2ccccc21. The molecule has 0 spiro atoms. The first-order chi connectivity index (χ1) is 12.3. The van der Waals surface area contributed by atoms with Gasteiger partial charge in [-0.25, -0.2) is 9.67 Å². The normalized spacial score (nSPS) is 22.1. The Morgan fingerprint density at radius 2 is 2.20 bits per heavy atom. The largest absolute Gasteiger partial charge is 0.377 e. The van der Waals surface area contributed by atoms with Crippen molar-refractivity contribution in [2.24, 2.45) is 0 Å². The van der Waals surface area contributed by atoms with E-state index in [2.05, 4.69) is 33.6 Å². The number of ether oxygens (including phenoxy) is 1. The third kappa shape index (κ3) is 3.18. The maximum atomic E-state index is 13.0. The van der Waals surface area contributed by atoms with Gasteiger partial charge in [0, 0.05) is 13.7 Å². The number of carbonyl (C=O) groups excluding carboxylic acids is 1. The van der Waals surface area contributed by atoms with E-state index in [4.69, 9.17) is 4.74 Å². The number of benzene rings is 1. The van der Waals surface area contributed by atoms with Crippen LogP contribution in [0.4, 0.5) is 0 Å². The number of nitrogens with zero attached hydrogens (tertiary/aromatic N) is 3. The van der Waals surface area contributed by atoms with E-state index in [0.717, 1.165) is 44.5 Å². The molecule has 6 heteroatoms. The molecular weight excluding hydrogens is 316 g/mol. The molecule has 1 aromatic carbocycles. The van der Waals surface area contributed by atoms with E-state index < -0.39 is 0 Å². The van der Waals surface area contributed by atoms with Crippen LogP contribution in [0.5, 0.6) is 0 Å². The number of rotatable bonds is 4. The highest BCUT2D eigenvalue weighted by Crippen LogP contribution is 2.33. The summed E-state index contributed by atoms with van der Waals surface area (Å²) >= 11 is 0. The summed E-state index contributed by atoms with van der Waals surface area (Å²) in [7, 11) is 1.64. The molecule has 0 saturated carbocycles. The molecule has 0 fully saturated rings. The minimum atomic E-state index is -0.0616. The number of hydrogen-bond acceptors (Lipinski definition) is 4. The fraction of sp³-hybridized carbons (Fsp3) is 0.526. The van der Waals surface area contributed by atoms with Crippen LogP contribution in [-0.2, 0) is 29.1 Å². The van der Waals surface area contributed by atoms with E-state index in [0.29, 0.717) is 12.4 Å². The molecule has 0 radical (unpaired) electrons.